The molecule has 1 aromatic rings. The maximum atomic E-state index is 12.2. The minimum absolute atomic E-state index is 0.188. The molecule has 0 bridgehead atoms. The van der Waals surface area contributed by atoms with E-state index in [-0.39, 0.29) is 11.9 Å². The van der Waals surface area contributed by atoms with Crippen molar-refractivity contribution < 1.29 is 4.79 Å². The highest BCUT2D eigenvalue weighted by molar-refractivity contribution is 7.98. The summed E-state index contributed by atoms with van der Waals surface area (Å²) in [5, 5.41) is 0. The summed E-state index contributed by atoms with van der Waals surface area (Å²) in [4.78, 5) is 23.9. The monoisotopic (exact) mass is 282 g/mol. The van der Waals surface area contributed by atoms with Crippen LogP contribution in [0, 0.1) is 0 Å². The van der Waals surface area contributed by atoms with Crippen molar-refractivity contribution in [2.24, 2.45) is 0 Å². The van der Waals surface area contributed by atoms with Gasteiger partial charge in [0.25, 0.3) is 0 Å². The molecule has 0 unspecified atom stereocenters. The molecule has 1 amide bonds. The predicted molar refractivity (Wildman–Crippen MR) is 78.2 cm³/mol. The molecule has 106 valence electrons. The van der Waals surface area contributed by atoms with Gasteiger partial charge in [-0.05, 0) is 25.5 Å². The molecule has 19 heavy (non-hydrogen) atoms. The zero-order valence-corrected chi connectivity index (χ0v) is 12.4. The van der Waals surface area contributed by atoms with E-state index in [1.54, 1.807) is 18.0 Å². The molecule has 1 aliphatic rings. The number of carbonyl (C=O) groups excluding carboxylic acids is 1. The van der Waals surface area contributed by atoms with E-state index in [2.05, 4.69) is 28.2 Å². The SMILES string of the molecule is CSCCCC(=O)N1CCN(C)[C@H](c2ncc[nH]2)C1. The van der Waals surface area contributed by atoms with Crippen LogP contribution in [0.3, 0.4) is 0 Å². The molecule has 1 aliphatic heterocycles. The van der Waals surface area contributed by atoms with Gasteiger partial charge in [0.1, 0.15) is 5.82 Å². The minimum atomic E-state index is 0.188. The Morgan fingerprint density at radius 3 is 3.11 bits per heavy atom. The molecule has 1 saturated heterocycles. The van der Waals surface area contributed by atoms with E-state index in [0.717, 1.165) is 37.6 Å². The average molecular weight is 282 g/mol. The Morgan fingerprint density at radius 2 is 2.42 bits per heavy atom. The van der Waals surface area contributed by atoms with Gasteiger partial charge in [-0.25, -0.2) is 4.98 Å². The van der Waals surface area contributed by atoms with E-state index in [1.165, 1.54) is 0 Å². The Bertz CT molecular complexity index is 395. The molecule has 0 radical (unpaired) electrons. The average Bonchev–Trinajstić information content (AvgIpc) is 2.93. The summed E-state index contributed by atoms with van der Waals surface area (Å²) in [5.74, 6) is 2.28. The van der Waals surface area contributed by atoms with E-state index in [9.17, 15) is 4.79 Å². The van der Waals surface area contributed by atoms with Crippen LogP contribution in [0.5, 0.6) is 0 Å². The first kappa shape index (κ1) is 14.4. The third-order valence-corrected chi connectivity index (χ3v) is 4.27. The number of nitrogens with zero attached hydrogens (tertiary/aromatic N) is 3. The number of aromatic amines is 1. The number of piperazine rings is 1. The van der Waals surface area contributed by atoms with Gasteiger partial charge in [0.15, 0.2) is 0 Å². The van der Waals surface area contributed by atoms with Crippen molar-refractivity contribution in [1.29, 1.82) is 0 Å². The Labute approximate surface area is 118 Å². The normalized spacial score (nSPS) is 20.7. The highest BCUT2D eigenvalue weighted by Gasteiger charge is 2.29. The van der Waals surface area contributed by atoms with Crippen LogP contribution < -0.4 is 0 Å². The van der Waals surface area contributed by atoms with E-state index in [0.29, 0.717) is 6.42 Å². The van der Waals surface area contributed by atoms with Crippen LogP contribution in [0.4, 0.5) is 0 Å². The maximum Gasteiger partial charge on any atom is 0.222 e. The van der Waals surface area contributed by atoms with Gasteiger partial charge in [-0.15, -0.1) is 0 Å². The smallest absolute Gasteiger partial charge is 0.222 e. The zero-order valence-electron chi connectivity index (χ0n) is 11.6. The summed E-state index contributed by atoms with van der Waals surface area (Å²) in [6.07, 6.45) is 7.31. The number of amides is 1. The number of imidazole rings is 1. The van der Waals surface area contributed by atoms with Crippen molar-refractivity contribution in [3.8, 4) is 0 Å². The van der Waals surface area contributed by atoms with Crippen molar-refractivity contribution >= 4 is 17.7 Å². The number of hydrogen-bond donors (Lipinski definition) is 1. The summed E-state index contributed by atoms with van der Waals surface area (Å²) in [7, 11) is 2.09. The molecule has 0 aliphatic carbocycles. The van der Waals surface area contributed by atoms with Gasteiger partial charge in [-0.2, -0.15) is 11.8 Å². The van der Waals surface area contributed by atoms with E-state index in [1.807, 2.05) is 11.1 Å². The minimum Gasteiger partial charge on any atom is -0.347 e. The number of hydrogen-bond acceptors (Lipinski definition) is 4. The Kier molecular flexibility index (Phi) is 5.27. The van der Waals surface area contributed by atoms with Crippen molar-refractivity contribution in [3.05, 3.63) is 18.2 Å². The Morgan fingerprint density at radius 1 is 1.58 bits per heavy atom. The standard InChI is InChI=1S/C13H22N4OS/c1-16-7-8-17(12(18)4-3-9-19-2)10-11(16)13-14-5-6-15-13/h5-6,11H,3-4,7-10H2,1-2H3,(H,14,15)/t11-/m0/s1. The quantitative estimate of drug-likeness (QED) is 0.829. The molecule has 1 atom stereocenters. The number of aromatic nitrogens is 2. The molecule has 0 saturated carbocycles. The first-order valence-electron chi connectivity index (χ1n) is 6.68. The maximum absolute atomic E-state index is 12.2. The summed E-state index contributed by atoms with van der Waals surface area (Å²) in [6, 6.07) is 0.188. The number of thioether (sulfide) groups is 1. The first-order valence-corrected chi connectivity index (χ1v) is 8.08. The number of likely N-dealkylation sites (N-methyl/N-ethyl adjacent to an activating group) is 1. The van der Waals surface area contributed by atoms with E-state index < -0.39 is 0 Å². The molecular weight excluding hydrogens is 260 g/mol. The fourth-order valence-corrected chi connectivity index (χ4v) is 2.81. The molecule has 1 N–H and O–H groups in total. The van der Waals surface area contributed by atoms with E-state index in [4.69, 9.17) is 0 Å². The van der Waals surface area contributed by atoms with Crippen LogP contribution in [0.1, 0.15) is 24.7 Å². The molecule has 1 fully saturated rings. The van der Waals surface area contributed by atoms with Crippen molar-refractivity contribution in [1.82, 2.24) is 19.8 Å². The third-order valence-electron chi connectivity index (χ3n) is 3.57. The molecular formula is C13H22N4OS. The Hall–Kier alpha value is -1.01. The number of carbonyl (C=O) groups is 1. The van der Waals surface area contributed by atoms with Gasteiger partial charge >= 0.3 is 0 Å². The first-order chi connectivity index (χ1) is 9.22. The lowest BCUT2D eigenvalue weighted by atomic mass is 10.1. The molecule has 2 rings (SSSR count). The highest BCUT2D eigenvalue weighted by atomic mass is 32.2. The van der Waals surface area contributed by atoms with Crippen LogP contribution in [0.25, 0.3) is 0 Å². The number of nitrogens with one attached hydrogen (secondary N) is 1. The van der Waals surface area contributed by atoms with Gasteiger partial charge in [-0.1, -0.05) is 0 Å². The summed E-state index contributed by atoms with van der Waals surface area (Å²) in [5.41, 5.74) is 0. The summed E-state index contributed by atoms with van der Waals surface area (Å²) < 4.78 is 0. The number of rotatable bonds is 5. The van der Waals surface area contributed by atoms with Crippen molar-refractivity contribution in [3.63, 3.8) is 0 Å². The van der Waals surface area contributed by atoms with Gasteiger partial charge in [0, 0.05) is 38.4 Å². The van der Waals surface area contributed by atoms with Crippen LogP contribution in [0.2, 0.25) is 0 Å². The molecule has 0 aromatic carbocycles. The molecule has 1 aromatic heterocycles. The lowest BCUT2D eigenvalue weighted by Gasteiger charge is -2.38. The highest BCUT2D eigenvalue weighted by Crippen LogP contribution is 2.21. The van der Waals surface area contributed by atoms with Crippen LogP contribution in [-0.4, -0.2) is 64.4 Å². The largest absolute Gasteiger partial charge is 0.347 e. The van der Waals surface area contributed by atoms with Gasteiger partial charge in [0.2, 0.25) is 5.91 Å². The van der Waals surface area contributed by atoms with Crippen LogP contribution in [0.15, 0.2) is 12.4 Å². The second-order valence-electron chi connectivity index (χ2n) is 4.91. The Balaban J connectivity index is 1.91. The molecule has 0 spiro atoms. The second-order valence-corrected chi connectivity index (χ2v) is 5.89. The fourth-order valence-electron chi connectivity index (χ4n) is 2.38. The van der Waals surface area contributed by atoms with Crippen LogP contribution in [-0.2, 0) is 4.79 Å². The molecule has 5 nitrogen and oxygen atoms in total. The lowest BCUT2D eigenvalue weighted by molar-refractivity contribution is -0.134. The fraction of sp³-hybridized carbons (Fsp3) is 0.692. The van der Waals surface area contributed by atoms with Gasteiger partial charge in [0.05, 0.1) is 6.04 Å². The predicted octanol–water partition coefficient (Wildman–Crippen LogP) is 1.37. The molecule has 6 heteroatoms. The van der Waals surface area contributed by atoms with Crippen molar-refractivity contribution in [2.75, 3.05) is 38.7 Å². The summed E-state index contributed by atoms with van der Waals surface area (Å²) in [6.45, 7) is 2.47. The third kappa shape index (κ3) is 3.73. The second kappa shape index (κ2) is 6.96. The van der Waals surface area contributed by atoms with E-state index >= 15 is 0 Å². The van der Waals surface area contributed by atoms with Crippen molar-refractivity contribution in [2.45, 2.75) is 18.9 Å². The topological polar surface area (TPSA) is 52.2 Å². The summed E-state index contributed by atoms with van der Waals surface area (Å²) >= 11 is 1.80. The number of H-pyrrole nitrogens is 1. The van der Waals surface area contributed by atoms with Gasteiger partial charge in [-0.3, -0.25) is 9.69 Å². The lowest BCUT2D eigenvalue weighted by Crippen LogP contribution is -2.49. The van der Waals surface area contributed by atoms with Crippen LogP contribution >= 0.6 is 11.8 Å². The zero-order chi connectivity index (χ0) is 13.7. The molecule has 2 heterocycles. The van der Waals surface area contributed by atoms with Gasteiger partial charge < -0.3 is 9.88 Å².